The molecule has 1 atom stereocenters. The molecule has 0 saturated heterocycles. The minimum atomic E-state index is -1.21. The maximum Gasteiger partial charge on any atom is 0.408 e. The number of imidazole rings is 1. The van der Waals surface area contributed by atoms with Crippen molar-refractivity contribution in [3.8, 4) is 0 Å². The van der Waals surface area contributed by atoms with Crippen molar-refractivity contribution in [3.05, 3.63) is 18.2 Å². The number of aromatic nitrogens is 2. The molecule has 1 aromatic rings. The van der Waals surface area contributed by atoms with Gasteiger partial charge < -0.3 is 19.4 Å². The monoisotopic (exact) mass is 267 g/mol. The van der Waals surface area contributed by atoms with E-state index < -0.39 is 17.2 Å². The highest BCUT2D eigenvalue weighted by Gasteiger charge is 2.34. The van der Waals surface area contributed by atoms with E-state index in [0.29, 0.717) is 18.7 Å². The van der Waals surface area contributed by atoms with Crippen LogP contribution in [0.25, 0.3) is 0 Å². The van der Waals surface area contributed by atoms with E-state index in [9.17, 15) is 9.59 Å². The Morgan fingerprint density at radius 1 is 1.47 bits per heavy atom. The summed E-state index contributed by atoms with van der Waals surface area (Å²) in [6, 6.07) is 0. The van der Waals surface area contributed by atoms with E-state index in [2.05, 4.69) is 10.3 Å². The van der Waals surface area contributed by atoms with Gasteiger partial charge in [0, 0.05) is 18.9 Å². The lowest BCUT2D eigenvalue weighted by molar-refractivity contribution is -0.113. The molecule has 0 radical (unpaired) electrons. The van der Waals surface area contributed by atoms with E-state index in [4.69, 9.17) is 4.74 Å². The van der Waals surface area contributed by atoms with Gasteiger partial charge in [0.25, 0.3) is 0 Å². The molecule has 6 heteroatoms. The lowest BCUT2D eigenvalue weighted by Crippen LogP contribution is -2.48. The van der Waals surface area contributed by atoms with E-state index in [-0.39, 0.29) is 0 Å². The SMILES string of the molecule is CCn1ccnc1C(C)(C=O)NC(=O)OC(C)(C)C. The maximum absolute atomic E-state index is 11.8. The molecule has 1 rings (SSSR count). The van der Waals surface area contributed by atoms with Gasteiger partial charge in [0.15, 0.2) is 11.8 Å². The van der Waals surface area contributed by atoms with Crippen LogP contribution in [0.1, 0.15) is 40.4 Å². The fraction of sp³-hybridized carbons (Fsp3) is 0.615. The van der Waals surface area contributed by atoms with Crippen molar-refractivity contribution in [1.82, 2.24) is 14.9 Å². The summed E-state index contributed by atoms with van der Waals surface area (Å²) in [6.45, 7) is 9.48. The quantitative estimate of drug-likeness (QED) is 0.845. The van der Waals surface area contributed by atoms with Gasteiger partial charge in [-0.1, -0.05) is 0 Å². The highest BCUT2D eigenvalue weighted by Crippen LogP contribution is 2.18. The van der Waals surface area contributed by atoms with Gasteiger partial charge in [-0.2, -0.15) is 0 Å². The van der Waals surface area contributed by atoms with Gasteiger partial charge in [0.1, 0.15) is 11.4 Å². The summed E-state index contributed by atoms with van der Waals surface area (Å²) in [6.07, 6.45) is 3.36. The van der Waals surface area contributed by atoms with E-state index in [1.54, 1.807) is 44.7 Å². The largest absolute Gasteiger partial charge is 0.444 e. The number of alkyl carbamates (subject to hydrolysis) is 1. The van der Waals surface area contributed by atoms with Crippen molar-refractivity contribution >= 4 is 12.4 Å². The molecule has 6 nitrogen and oxygen atoms in total. The molecular formula is C13H21N3O3. The summed E-state index contributed by atoms with van der Waals surface area (Å²) in [7, 11) is 0. The van der Waals surface area contributed by atoms with Crippen molar-refractivity contribution in [1.29, 1.82) is 0 Å². The maximum atomic E-state index is 11.8. The Hall–Kier alpha value is -1.85. The number of carbonyl (C=O) groups excluding carboxylic acids is 2. The van der Waals surface area contributed by atoms with Gasteiger partial charge in [-0.15, -0.1) is 0 Å². The minimum absolute atomic E-state index is 0.482. The number of aldehydes is 1. The number of nitrogens with one attached hydrogen (secondary N) is 1. The summed E-state index contributed by atoms with van der Waals surface area (Å²) in [5.41, 5.74) is -1.82. The molecule has 1 N–H and O–H groups in total. The molecule has 1 amide bonds. The lowest BCUT2D eigenvalue weighted by atomic mass is 10.0. The second-order valence-electron chi connectivity index (χ2n) is 5.48. The molecule has 0 aliphatic heterocycles. The number of hydrogen-bond acceptors (Lipinski definition) is 4. The number of ether oxygens (including phenoxy) is 1. The average Bonchev–Trinajstić information content (AvgIpc) is 2.74. The van der Waals surface area contributed by atoms with Crippen LogP contribution in [-0.4, -0.2) is 27.5 Å². The molecule has 0 aliphatic carbocycles. The van der Waals surface area contributed by atoms with E-state index in [1.165, 1.54) is 0 Å². The lowest BCUT2D eigenvalue weighted by Gasteiger charge is -2.27. The minimum Gasteiger partial charge on any atom is -0.444 e. The number of amides is 1. The van der Waals surface area contributed by atoms with E-state index >= 15 is 0 Å². The summed E-state index contributed by atoms with van der Waals surface area (Å²) in [5, 5.41) is 2.56. The molecule has 1 heterocycles. The fourth-order valence-corrected chi connectivity index (χ4v) is 1.67. The van der Waals surface area contributed by atoms with Gasteiger partial charge in [0.2, 0.25) is 0 Å². The Morgan fingerprint density at radius 3 is 2.58 bits per heavy atom. The van der Waals surface area contributed by atoms with Crippen molar-refractivity contribution in [2.45, 2.75) is 52.3 Å². The topological polar surface area (TPSA) is 73.2 Å². The van der Waals surface area contributed by atoms with Crippen molar-refractivity contribution in [2.24, 2.45) is 0 Å². The highest BCUT2D eigenvalue weighted by molar-refractivity contribution is 5.77. The molecule has 1 aromatic heterocycles. The normalized spacial score (nSPS) is 14.6. The molecule has 1 unspecified atom stereocenters. The smallest absolute Gasteiger partial charge is 0.408 e. The van der Waals surface area contributed by atoms with Gasteiger partial charge in [-0.25, -0.2) is 9.78 Å². The third-order valence-electron chi connectivity index (χ3n) is 2.52. The van der Waals surface area contributed by atoms with Crippen LogP contribution in [0.2, 0.25) is 0 Å². The highest BCUT2D eigenvalue weighted by atomic mass is 16.6. The van der Waals surface area contributed by atoms with Crippen LogP contribution in [0.15, 0.2) is 12.4 Å². The number of carbonyl (C=O) groups is 2. The van der Waals surface area contributed by atoms with Crippen LogP contribution in [0, 0.1) is 0 Å². The number of hydrogen-bond donors (Lipinski definition) is 1. The van der Waals surface area contributed by atoms with Crippen LogP contribution >= 0.6 is 0 Å². The van der Waals surface area contributed by atoms with Gasteiger partial charge in [-0.3, -0.25) is 0 Å². The molecule has 19 heavy (non-hydrogen) atoms. The predicted molar refractivity (Wildman–Crippen MR) is 70.7 cm³/mol. The van der Waals surface area contributed by atoms with Gasteiger partial charge in [0.05, 0.1) is 0 Å². The standard InChI is InChI=1S/C13H21N3O3/c1-6-16-8-7-14-10(16)13(5,9-17)15-11(18)19-12(2,3)4/h7-9H,6H2,1-5H3,(H,15,18). The summed E-state index contributed by atoms with van der Waals surface area (Å²) in [4.78, 5) is 27.3. The molecule has 0 aromatic carbocycles. The second kappa shape index (κ2) is 5.42. The molecule has 0 fully saturated rings. The second-order valence-corrected chi connectivity index (χ2v) is 5.48. The Bertz CT molecular complexity index is 462. The average molecular weight is 267 g/mol. The molecule has 106 valence electrons. The van der Waals surface area contributed by atoms with Gasteiger partial charge >= 0.3 is 6.09 Å². The molecule has 0 saturated carbocycles. The third kappa shape index (κ3) is 3.81. The first-order valence-corrected chi connectivity index (χ1v) is 6.21. The van der Waals surface area contributed by atoms with Crippen molar-refractivity contribution < 1.29 is 14.3 Å². The molecule has 0 bridgehead atoms. The Balaban J connectivity index is 2.93. The van der Waals surface area contributed by atoms with E-state index in [1.807, 2.05) is 6.92 Å². The zero-order valence-corrected chi connectivity index (χ0v) is 12.1. The first kappa shape index (κ1) is 15.2. The predicted octanol–water partition coefficient (Wildman–Crippen LogP) is 1.84. The molecular weight excluding hydrogens is 246 g/mol. The zero-order chi connectivity index (χ0) is 14.7. The summed E-state index contributed by atoms with van der Waals surface area (Å²) in [5.74, 6) is 0.482. The van der Waals surface area contributed by atoms with E-state index in [0.717, 1.165) is 0 Å². The number of nitrogens with zero attached hydrogens (tertiary/aromatic N) is 2. The van der Waals surface area contributed by atoms with Gasteiger partial charge in [-0.05, 0) is 34.6 Å². The van der Waals surface area contributed by atoms with Crippen LogP contribution in [0.3, 0.4) is 0 Å². The number of aryl methyl sites for hydroxylation is 1. The van der Waals surface area contributed by atoms with Crippen LogP contribution < -0.4 is 5.32 Å². The number of rotatable bonds is 4. The summed E-state index contributed by atoms with van der Waals surface area (Å²) >= 11 is 0. The third-order valence-corrected chi connectivity index (χ3v) is 2.52. The van der Waals surface area contributed by atoms with Crippen LogP contribution in [0.5, 0.6) is 0 Å². The van der Waals surface area contributed by atoms with Crippen LogP contribution in [0.4, 0.5) is 4.79 Å². The fourth-order valence-electron chi connectivity index (χ4n) is 1.67. The molecule has 0 aliphatic rings. The zero-order valence-electron chi connectivity index (χ0n) is 12.1. The van der Waals surface area contributed by atoms with Crippen molar-refractivity contribution in [3.63, 3.8) is 0 Å². The first-order valence-electron chi connectivity index (χ1n) is 6.21. The van der Waals surface area contributed by atoms with Crippen molar-refractivity contribution in [2.75, 3.05) is 0 Å². The summed E-state index contributed by atoms with van der Waals surface area (Å²) < 4.78 is 6.96. The molecule has 0 spiro atoms. The first-order chi connectivity index (χ1) is 8.72. The Morgan fingerprint density at radius 2 is 2.11 bits per heavy atom. The van der Waals surface area contributed by atoms with Crippen LogP contribution in [-0.2, 0) is 21.6 Å². The Kier molecular flexibility index (Phi) is 4.34. The Labute approximate surface area is 113 Å².